The van der Waals surface area contributed by atoms with Gasteiger partial charge in [-0.15, -0.1) is 0 Å². The molecule has 1 aliphatic rings. The predicted molar refractivity (Wildman–Crippen MR) is 247 cm³/mol. The van der Waals surface area contributed by atoms with Crippen LogP contribution in [-0.2, 0) is 33.3 Å². The molecule has 0 aromatic carbocycles. The van der Waals surface area contributed by atoms with Crippen molar-refractivity contribution in [2.75, 3.05) is 126 Å². The summed E-state index contributed by atoms with van der Waals surface area (Å²) in [5.41, 5.74) is 0. The zero-order valence-corrected chi connectivity index (χ0v) is 39.6. The first kappa shape index (κ1) is 56.2. The Morgan fingerprint density at radius 3 is 1.08 bits per heavy atom. The van der Waals surface area contributed by atoms with Crippen LogP contribution < -0.4 is 5.32 Å². The molecule has 0 aromatic rings. The maximum atomic E-state index is 13.4. The molecule has 0 saturated carbocycles. The van der Waals surface area contributed by atoms with E-state index in [1.54, 1.807) is 14.2 Å². The minimum absolute atomic E-state index is 0.0148. The number of nitrogens with one attached hydrogen (secondary N) is 1. The highest BCUT2D eigenvalue weighted by Gasteiger charge is 2.22. The Morgan fingerprint density at radius 1 is 0.433 bits per heavy atom. The highest BCUT2D eigenvalue weighted by Crippen LogP contribution is 2.14. The van der Waals surface area contributed by atoms with Crippen molar-refractivity contribution in [2.45, 2.75) is 168 Å². The van der Waals surface area contributed by atoms with Crippen LogP contribution in [0.2, 0.25) is 0 Å². The van der Waals surface area contributed by atoms with Crippen LogP contribution in [0.4, 0.5) is 0 Å². The van der Waals surface area contributed by atoms with Crippen LogP contribution in [0.3, 0.4) is 0 Å². The van der Waals surface area contributed by atoms with E-state index in [-0.39, 0.29) is 50.7 Å². The Balaban J connectivity index is 2.62. The quantitative estimate of drug-likeness (QED) is 0.0476. The minimum Gasteiger partial charge on any atom is -0.462 e. The lowest BCUT2D eigenvalue weighted by Crippen LogP contribution is -2.45. The molecule has 0 bridgehead atoms. The zero-order chi connectivity index (χ0) is 43.6. The summed E-state index contributed by atoms with van der Waals surface area (Å²) in [4.78, 5) is 47.3. The molecule has 1 fully saturated rings. The Hall–Kier alpha value is -1.83. The Bertz CT molecular complexity index is 929. The first-order valence-electron chi connectivity index (χ1n) is 24.9. The number of nitrogens with zero attached hydrogens (tertiary/aromatic N) is 4. The van der Waals surface area contributed by atoms with Gasteiger partial charge < -0.3 is 29.2 Å². The zero-order valence-electron chi connectivity index (χ0n) is 39.6. The maximum Gasteiger partial charge on any atom is 0.320 e. The van der Waals surface area contributed by atoms with E-state index in [2.05, 4.69) is 29.0 Å². The number of hydrogen-bond donors (Lipinski definition) is 1. The molecule has 0 aliphatic carbocycles. The Morgan fingerprint density at radius 2 is 0.750 bits per heavy atom. The average molecular weight is 854 g/mol. The highest BCUT2D eigenvalue weighted by atomic mass is 16.6. The predicted octanol–water partition coefficient (Wildman–Crippen LogP) is 8.11. The van der Waals surface area contributed by atoms with Crippen LogP contribution >= 0.6 is 0 Å². The Kier molecular flexibility index (Phi) is 39.8. The number of rotatable bonds is 41. The van der Waals surface area contributed by atoms with Gasteiger partial charge in [-0.2, -0.15) is 0 Å². The lowest BCUT2D eigenvalue weighted by Gasteiger charge is -2.26. The summed E-state index contributed by atoms with van der Waals surface area (Å²) in [7, 11) is 3.15. The summed E-state index contributed by atoms with van der Waals surface area (Å²) >= 11 is 0. The van der Waals surface area contributed by atoms with Gasteiger partial charge in [0.25, 0.3) is 0 Å². The molecule has 0 atom stereocenters. The van der Waals surface area contributed by atoms with Crippen molar-refractivity contribution in [3.63, 3.8) is 0 Å². The number of carbonyl (C=O) groups excluding carboxylic acids is 3. The van der Waals surface area contributed by atoms with E-state index in [9.17, 15) is 14.4 Å². The molecule has 0 aromatic heterocycles. The fraction of sp³-hybridized carbons (Fsp3) is 0.938. The van der Waals surface area contributed by atoms with Crippen LogP contribution in [0.15, 0.2) is 0 Å². The molecule has 354 valence electrons. The number of esters is 2. The van der Waals surface area contributed by atoms with E-state index in [0.717, 1.165) is 19.6 Å². The highest BCUT2D eigenvalue weighted by molar-refractivity contribution is 5.78. The van der Waals surface area contributed by atoms with E-state index < -0.39 is 0 Å². The number of amides is 1. The van der Waals surface area contributed by atoms with Crippen LogP contribution in [0.5, 0.6) is 0 Å². The molecule has 0 spiro atoms. The molecule has 12 heteroatoms. The number of unbranched alkanes of at least 4 members (excludes halogenated alkanes) is 22. The summed E-state index contributed by atoms with van der Waals surface area (Å²) < 4.78 is 20.7. The van der Waals surface area contributed by atoms with Gasteiger partial charge in [0.1, 0.15) is 13.2 Å². The third-order valence-corrected chi connectivity index (χ3v) is 11.8. The lowest BCUT2D eigenvalue weighted by molar-refractivity contribution is -0.147. The van der Waals surface area contributed by atoms with Crippen molar-refractivity contribution in [3.05, 3.63) is 0 Å². The smallest absolute Gasteiger partial charge is 0.320 e. The molecular formula is C48H95N5O7. The van der Waals surface area contributed by atoms with Crippen molar-refractivity contribution in [1.82, 2.24) is 24.9 Å². The molecule has 1 rings (SSSR count). The molecule has 0 unspecified atom stereocenters. The van der Waals surface area contributed by atoms with E-state index in [4.69, 9.17) is 18.9 Å². The fourth-order valence-corrected chi connectivity index (χ4v) is 7.89. The average Bonchev–Trinajstić information content (AvgIpc) is 3.32. The van der Waals surface area contributed by atoms with Crippen molar-refractivity contribution < 1.29 is 33.3 Å². The lowest BCUT2D eigenvalue weighted by atomic mass is 10.0. The van der Waals surface area contributed by atoms with Crippen molar-refractivity contribution >= 4 is 17.8 Å². The van der Waals surface area contributed by atoms with Gasteiger partial charge in [0, 0.05) is 66.6 Å². The van der Waals surface area contributed by atoms with Crippen LogP contribution in [0.25, 0.3) is 0 Å². The minimum atomic E-state index is -0.308. The molecule has 0 radical (unpaired) electrons. The van der Waals surface area contributed by atoms with Gasteiger partial charge >= 0.3 is 11.9 Å². The summed E-state index contributed by atoms with van der Waals surface area (Å²) in [6, 6.07) is 0. The number of ether oxygens (including phenoxy) is 4. The van der Waals surface area contributed by atoms with Gasteiger partial charge in [0.2, 0.25) is 5.91 Å². The largest absolute Gasteiger partial charge is 0.462 e. The third-order valence-electron chi connectivity index (χ3n) is 11.8. The summed E-state index contributed by atoms with van der Waals surface area (Å²) in [6.07, 6.45) is 32.6. The van der Waals surface area contributed by atoms with Crippen molar-refractivity contribution in [3.8, 4) is 0 Å². The molecule has 1 heterocycles. The summed E-state index contributed by atoms with van der Waals surface area (Å²) in [5.74, 6) is -0.601. The fourth-order valence-electron chi connectivity index (χ4n) is 7.89. The second-order valence-corrected chi connectivity index (χ2v) is 17.2. The molecule has 1 saturated heterocycles. The first-order chi connectivity index (χ1) is 29.4. The van der Waals surface area contributed by atoms with Crippen molar-refractivity contribution in [2.24, 2.45) is 0 Å². The van der Waals surface area contributed by atoms with Gasteiger partial charge in [-0.05, 0) is 25.9 Å². The molecule has 1 amide bonds. The Labute approximate surface area is 368 Å². The summed E-state index contributed by atoms with van der Waals surface area (Å²) in [5, 5.41) is 3.23. The molecular weight excluding hydrogens is 759 g/mol. The second kappa shape index (κ2) is 42.5. The monoisotopic (exact) mass is 854 g/mol. The van der Waals surface area contributed by atoms with E-state index in [1.165, 1.54) is 154 Å². The molecule has 12 nitrogen and oxygen atoms in total. The maximum absolute atomic E-state index is 13.4. The molecule has 1 aliphatic heterocycles. The molecule has 60 heavy (non-hydrogen) atoms. The van der Waals surface area contributed by atoms with E-state index in [1.807, 2.05) is 9.80 Å². The standard InChI is InChI=1S/C48H95N5O7/c1-5-7-9-11-13-15-17-19-21-23-25-27-30-50(31-28-26-24-22-20-18-16-14-12-10-8-6-2)32-29-49-46(54)43-51-33-35-52(44-47(55)59-41-39-57-3)37-38-53(36-34-51)45-48(56)60-42-40-58-4/h5-45H2,1-4H3,(H,49,54). The van der Waals surface area contributed by atoms with Crippen LogP contribution in [0.1, 0.15) is 168 Å². The second-order valence-electron chi connectivity index (χ2n) is 17.2. The first-order valence-corrected chi connectivity index (χ1v) is 24.9. The molecule has 1 N–H and O–H groups in total. The summed E-state index contributed by atoms with van der Waals surface area (Å²) in [6.45, 7) is 13.7. The number of carbonyl (C=O) groups is 3. The van der Waals surface area contributed by atoms with Gasteiger partial charge in [-0.25, -0.2) is 0 Å². The third kappa shape index (κ3) is 35.7. The normalized spacial score (nSPS) is 14.6. The van der Waals surface area contributed by atoms with Gasteiger partial charge in [-0.1, -0.05) is 155 Å². The van der Waals surface area contributed by atoms with Gasteiger partial charge in [-0.3, -0.25) is 29.1 Å². The van der Waals surface area contributed by atoms with Crippen LogP contribution in [0, 0.1) is 0 Å². The van der Waals surface area contributed by atoms with Gasteiger partial charge in [0.05, 0.1) is 32.8 Å². The van der Waals surface area contributed by atoms with E-state index in [0.29, 0.717) is 59.0 Å². The van der Waals surface area contributed by atoms with E-state index >= 15 is 0 Å². The van der Waals surface area contributed by atoms with Crippen LogP contribution in [-0.4, -0.2) is 163 Å². The number of methoxy groups -OCH3 is 2. The van der Waals surface area contributed by atoms with Gasteiger partial charge in [0.15, 0.2) is 0 Å². The topological polar surface area (TPSA) is 113 Å². The van der Waals surface area contributed by atoms with Crippen molar-refractivity contribution in [1.29, 1.82) is 0 Å². The number of hydrogen-bond acceptors (Lipinski definition) is 11. The SMILES string of the molecule is CCCCCCCCCCCCCCN(CCCCCCCCCCCCCC)CCNC(=O)CN1CCN(CC(=O)OCCOC)CCN(CC(=O)OCCOC)CC1.